The van der Waals surface area contributed by atoms with Crippen molar-refractivity contribution in [3.63, 3.8) is 0 Å². The monoisotopic (exact) mass is 462 g/mol. The second-order valence-electron chi connectivity index (χ2n) is 10.9. The van der Waals surface area contributed by atoms with Gasteiger partial charge >= 0.3 is 0 Å². The number of benzene rings is 2. The Balaban J connectivity index is 1.70. The van der Waals surface area contributed by atoms with Gasteiger partial charge in [-0.25, -0.2) is 0 Å². The van der Waals surface area contributed by atoms with Crippen molar-refractivity contribution < 1.29 is 9.59 Å². The number of hydrogen-bond donors (Lipinski definition) is 1. The maximum absolute atomic E-state index is 13.4. The minimum Gasteiger partial charge on any atom is -0.352 e. The van der Waals surface area contributed by atoms with Gasteiger partial charge in [-0.15, -0.1) is 0 Å². The van der Waals surface area contributed by atoms with Crippen molar-refractivity contribution in [1.29, 1.82) is 0 Å². The van der Waals surface area contributed by atoms with E-state index < -0.39 is 6.04 Å². The molecule has 1 saturated carbocycles. The normalized spacial score (nSPS) is 15.6. The van der Waals surface area contributed by atoms with Gasteiger partial charge in [0.25, 0.3) is 0 Å². The SMILES string of the molecule is Cc1ccccc1CN(C(=O)CCc1ccc(C(C)(C)C)cc1)C(C)C(=O)NC1CCCCC1. The van der Waals surface area contributed by atoms with Crippen LogP contribution in [0.15, 0.2) is 48.5 Å². The van der Waals surface area contributed by atoms with E-state index in [2.05, 4.69) is 63.3 Å². The first-order valence-corrected chi connectivity index (χ1v) is 12.9. The van der Waals surface area contributed by atoms with Gasteiger partial charge in [-0.05, 0) is 60.8 Å². The van der Waals surface area contributed by atoms with Crippen LogP contribution in [-0.2, 0) is 28.0 Å². The Kier molecular flexibility index (Phi) is 8.93. The molecule has 34 heavy (non-hydrogen) atoms. The van der Waals surface area contributed by atoms with E-state index in [1.165, 1.54) is 24.8 Å². The standard InChI is InChI=1S/C30H42N2O2/c1-22-11-9-10-12-25(22)21-32(23(2)29(34)31-27-13-7-6-8-14-27)28(33)20-17-24-15-18-26(19-16-24)30(3,4)5/h9-12,15-16,18-19,23,27H,6-8,13-14,17,20-21H2,1-5H3,(H,31,34). The van der Waals surface area contributed by atoms with E-state index in [9.17, 15) is 9.59 Å². The van der Waals surface area contributed by atoms with Gasteiger partial charge in [-0.1, -0.05) is 88.6 Å². The van der Waals surface area contributed by atoms with Crippen LogP contribution in [0.2, 0.25) is 0 Å². The Morgan fingerprint density at radius 2 is 1.65 bits per heavy atom. The van der Waals surface area contributed by atoms with Crippen LogP contribution in [-0.4, -0.2) is 28.8 Å². The molecule has 0 spiro atoms. The molecule has 1 atom stereocenters. The van der Waals surface area contributed by atoms with Crippen LogP contribution in [0.25, 0.3) is 0 Å². The molecular weight excluding hydrogens is 420 g/mol. The molecule has 0 radical (unpaired) electrons. The molecule has 0 heterocycles. The summed E-state index contributed by atoms with van der Waals surface area (Å²) >= 11 is 0. The average molecular weight is 463 g/mol. The number of carbonyl (C=O) groups is 2. The average Bonchev–Trinajstić information content (AvgIpc) is 2.82. The molecular formula is C30H42N2O2. The van der Waals surface area contributed by atoms with Crippen LogP contribution in [0.1, 0.15) is 88.5 Å². The van der Waals surface area contributed by atoms with Crippen molar-refractivity contribution in [2.45, 2.75) is 104 Å². The van der Waals surface area contributed by atoms with Gasteiger partial charge in [0.05, 0.1) is 0 Å². The van der Waals surface area contributed by atoms with Gasteiger partial charge in [0.2, 0.25) is 11.8 Å². The first kappa shape index (κ1) is 26.0. The van der Waals surface area contributed by atoms with Gasteiger partial charge in [0.1, 0.15) is 6.04 Å². The third kappa shape index (κ3) is 7.19. The molecule has 1 aliphatic carbocycles. The van der Waals surface area contributed by atoms with Crippen LogP contribution in [0.3, 0.4) is 0 Å². The lowest BCUT2D eigenvalue weighted by Gasteiger charge is -2.31. The molecule has 3 rings (SSSR count). The smallest absolute Gasteiger partial charge is 0.242 e. The van der Waals surface area contributed by atoms with Gasteiger partial charge in [-0.2, -0.15) is 0 Å². The maximum Gasteiger partial charge on any atom is 0.242 e. The minimum absolute atomic E-state index is 0.0226. The molecule has 2 amide bonds. The van der Waals surface area contributed by atoms with Gasteiger partial charge in [0, 0.05) is 19.0 Å². The van der Waals surface area contributed by atoms with Gasteiger partial charge in [-0.3, -0.25) is 9.59 Å². The lowest BCUT2D eigenvalue weighted by Crippen LogP contribution is -2.50. The maximum atomic E-state index is 13.4. The molecule has 1 fully saturated rings. The lowest BCUT2D eigenvalue weighted by atomic mass is 9.86. The number of aryl methyl sites for hydroxylation is 2. The predicted octanol–water partition coefficient (Wildman–Crippen LogP) is 6.09. The summed E-state index contributed by atoms with van der Waals surface area (Å²) in [6.07, 6.45) is 6.71. The molecule has 0 bridgehead atoms. The highest BCUT2D eigenvalue weighted by molar-refractivity contribution is 5.87. The summed E-state index contributed by atoms with van der Waals surface area (Å²) in [5.41, 5.74) is 4.77. The summed E-state index contributed by atoms with van der Waals surface area (Å²) in [5, 5.41) is 3.22. The van der Waals surface area contributed by atoms with Crippen LogP contribution >= 0.6 is 0 Å². The van der Waals surface area contributed by atoms with Gasteiger partial charge in [0.15, 0.2) is 0 Å². The summed E-state index contributed by atoms with van der Waals surface area (Å²) in [6.45, 7) is 11.0. The Hall–Kier alpha value is -2.62. The van der Waals surface area contributed by atoms with E-state index >= 15 is 0 Å². The Labute approximate surface area is 206 Å². The summed E-state index contributed by atoms with van der Waals surface area (Å²) in [7, 11) is 0. The summed E-state index contributed by atoms with van der Waals surface area (Å²) in [5.74, 6) is -0.0159. The molecule has 1 unspecified atom stereocenters. The number of carbonyl (C=O) groups excluding carboxylic acids is 2. The highest BCUT2D eigenvalue weighted by Crippen LogP contribution is 2.23. The zero-order chi connectivity index (χ0) is 24.7. The Morgan fingerprint density at radius 1 is 1.00 bits per heavy atom. The Morgan fingerprint density at radius 3 is 2.26 bits per heavy atom. The van der Waals surface area contributed by atoms with E-state index in [1.807, 2.05) is 25.1 Å². The van der Waals surface area contributed by atoms with Crippen molar-refractivity contribution in [3.8, 4) is 0 Å². The van der Waals surface area contributed by atoms with Crippen LogP contribution < -0.4 is 5.32 Å². The second-order valence-corrected chi connectivity index (χ2v) is 10.9. The second kappa shape index (κ2) is 11.7. The highest BCUT2D eigenvalue weighted by atomic mass is 16.2. The number of rotatable bonds is 8. The molecule has 1 N–H and O–H groups in total. The van der Waals surface area contributed by atoms with E-state index in [0.717, 1.165) is 29.5 Å². The van der Waals surface area contributed by atoms with Crippen molar-refractivity contribution >= 4 is 11.8 Å². The first-order chi connectivity index (χ1) is 16.1. The number of nitrogens with one attached hydrogen (secondary N) is 1. The molecule has 2 aromatic rings. The molecule has 4 nitrogen and oxygen atoms in total. The summed E-state index contributed by atoms with van der Waals surface area (Å²) < 4.78 is 0. The lowest BCUT2D eigenvalue weighted by molar-refractivity contribution is -0.141. The van der Waals surface area contributed by atoms with E-state index in [0.29, 0.717) is 19.4 Å². The highest BCUT2D eigenvalue weighted by Gasteiger charge is 2.28. The number of nitrogens with zero attached hydrogens (tertiary/aromatic N) is 1. The third-order valence-electron chi connectivity index (χ3n) is 7.17. The van der Waals surface area contributed by atoms with Crippen LogP contribution in [0.4, 0.5) is 0 Å². The fourth-order valence-corrected chi connectivity index (χ4v) is 4.69. The van der Waals surface area contributed by atoms with Crippen molar-refractivity contribution in [3.05, 3.63) is 70.8 Å². The van der Waals surface area contributed by atoms with Gasteiger partial charge < -0.3 is 10.2 Å². The molecule has 1 aliphatic rings. The van der Waals surface area contributed by atoms with E-state index in [-0.39, 0.29) is 23.3 Å². The molecule has 4 heteroatoms. The van der Waals surface area contributed by atoms with E-state index in [1.54, 1.807) is 4.90 Å². The molecule has 184 valence electrons. The van der Waals surface area contributed by atoms with Crippen molar-refractivity contribution in [2.75, 3.05) is 0 Å². The van der Waals surface area contributed by atoms with Crippen LogP contribution in [0, 0.1) is 6.92 Å². The third-order valence-corrected chi connectivity index (χ3v) is 7.17. The summed E-state index contributed by atoms with van der Waals surface area (Å²) in [6, 6.07) is 16.4. The molecule has 0 aromatic heterocycles. The fourth-order valence-electron chi connectivity index (χ4n) is 4.69. The Bertz CT molecular complexity index is 953. The topological polar surface area (TPSA) is 49.4 Å². The fraction of sp³-hybridized carbons (Fsp3) is 0.533. The zero-order valence-electron chi connectivity index (χ0n) is 21.7. The van der Waals surface area contributed by atoms with Crippen molar-refractivity contribution in [1.82, 2.24) is 10.2 Å². The largest absolute Gasteiger partial charge is 0.352 e. The molecule has 0 saturated heterocycles. The zero-order valence-corrected chi connectivity index (χ0v) is 21.7. The number of hydrogen-bond acceptors (Lipinski definition) is 2. The predicted molar refractivity (Wildman–Crippen MR) is 140 cm³/mol. The van der Waals surface area contributed by atoms with Crippen LogP contribution in [0.5, 0.6) is 0 Å². The summed E-state index contributed by atoms with van der Waals surface area (Å²) in [4.78, 5) is 28.3. The minimum atomic E-state index is -0.503. The van der Waals surface area contributed by atoms with E-state index in [4.69, 9.17) is 0 Å². The quantitative estimate of drug-likeness (QED) is 0.516. The first-order valence-electron chi connectivity index (χ1n) is 12.9. The molecule has 2 aromatic carbocycles. The molecule has 0 aliphatic heterocycles. The number of amides is 2. The van der Waals surface area contributed by atoms with Crippen molar-refractivity contribution in [2.24, 2.45) is 0 Å².